The molecule has 128 valence electrons. The molecular weight excluding hydrogens is 314 g/mol. The third-order valence-corrected chi connectivity index (χ3v) is 3.89. The summed E-state index contributed by atoms with van der Waals surface area (Å²) in [7, 11) is 0. The molecule has 25 heavy (non-hydrogen) atoms. The van der Waals surface area contributed by atoms with Gasteiger partial charge < -0.3 is 0 Å². The molecule has 3 aromatic rings. The summed E-state index contributed by atoms with van der Waals surface area (Å²) >= 11 is 0. The number of hydrogen-bond acceptors (Lipinski definition) is 4. The second-order valence-corrected chi connectivity index (χ2v) is 6.90. The summed E-state index contributed by atoms with van der Waals surface area (Å²) in [4.78, 5) is 12.0. The minimum Gasteiger partial charge on any atom is -0.271 e. The first-order valence-electron chi connectivity index (χ1n) is 8.14. The van der Waals surface area contributed by atoms with Crippen molar-refractivity contribution in [2.24, 2.45) is 5.10 Å². The number of rotatable bonds is 4. The molecule has 2 aromatic carbocycles. The van der Waals surface area contributed by atoms with Crippen LogP contribution in [0.3, 0.4) is 0 Å². The van der Waals surface area contributed by atoms with Crippen molar-refractivity contribution in [3.05, 3.63) is 59.7 Å². The lowest BCUT2D eigenvalue weighted by Crippen LogP contribution is -2.23. The van der Waals surface area contributed by atoms with Crippen LogP contribution in [0, 0.1) is 0 Å². The van der Waals surface area contributed by atoms with E-state index in [2.05, 4.69) is 53.7 Å². The van der Waals surface area contributed by atoms with Gasteiger partial charge in [0, 0.05) is 0 Å². The number of nitrogens with zero attached hydrogens (tertiary/aromatic N) is 4. The molecule has 6 heteroatoms. The smallest absolute Gasteiger partial charge is 0.261 e. The van der Waals surface area contributed by atoms with Gasteiger partial charge in [-0.3, -0.25) is 4.79 Å². The zero-order valence-corrected chi connectivity index (χ0v) is 14.6. The molecule has 1 amide bonds. The molecule has 0 aliphatic rings. The lowest BCUT2D eigenvalue weighted by Gasteiger charge is -2.18. The topological polar surface area (TPSA) is 72.2 Å². The molecule has 0 bridgehead atoms. The first kappa shape index (κ1) is 16.8. The van der Waals surface area contributed by atoms with E-state index in [0.29, 0.717) is 0 Å². The maximum absolute atomic E-state index is 12.0. The average molecular weight is 335 g/mol. The molecule has 0 aliphatic heterocycles. The van der Waals surface area contributed by atoms with E-state index in [-0.39, 0.29) is 17.9 Å². The molecule has 1 N–H and O–H groups in total. The number of para-hydroxylation sites is 1. The Labute approximate surface area is 146 Å². The van der Waals surface area contributed by atoms with Crippen LogP contribution in [0.15, 0.2) is 53.6 Å². The molecule has 0 aliphatic carbocycles. The predicted molar refractivity (Wildman–Crippen MR) is 98.4 cm³/mol. The molecule has 0 saturated heterocycles. The Morgan fingerprint density at radius 2 is 1.88 bits per heavy atom. The molecule has 1 aromatic heterocycles. The molecule has 0 fully saturated rings. The lowest BCUT2D eigenvalue weighted by molar-refractivity contribution is -0.121. The Morgan fingerprint density at radius 1 is 1.16 bits per heavy atom. The van der Waals surface area contributed by atoms with Gasteiger partial charge in [0.1, 0.15) is 12.1 Å². The Bertz CT molecular complexity index is 903. The second kappa shape index (κ2) is 6.84. The molecule has 0 saturated carbocycles. The number of carbonyl (C=O) groups is 1. The molecule has 3 rings (SSSR count). The Hall–Kier alpha value is -3.02. The normalized spacial score (nSPS) is 12.0. The van der Waals surface area contributed by atoms with E-state index in [9.17, 15) is 4.79 Å². The zero-order valence-electron chi connectivity index (χ0n) is 14.6. The standard InChI is InChI=1S/C19H21N5O/c1-19(2,3)15-10-8-14(9-11-15)12-20-22-18(25)13-24-17-7-5-4-6-16(17)21-23-24/h4-12H,13H2,1-3H3,(H,22,25)/b20-12+. The van der Waals surface area contributed by atoms with Gasteiger partial charge in [-0.15, -0.1) is 5.10 Å². The highest BCUT2D eigenvalue weighted by Crippen LogP contribution is 2.21. The third kappa shape index (κ3) is 4.09. The highest BCUT2D eigenvalue weighted by Gasteiger charge is 2.12. The van der Waals surface area contributed by atoms with Crippen LogP contribution in [0.1, 0.15) is 31.9 Å². The average Bonchev–Trinajstić information content (AvgIpc) is 2.98. The summed E-state index contributed by atoms with van der Waals surface area (Å²) in [5.74, 6) is -0.252. The molecule has 0 unspecified atom stereocenters. The number of hydrazone groups is 1. The van der Waals surface area contributed by atoms with Crippen LogP contribution in [0.2, 0.25) is 0 Å². The van der Waals surface area contributed by atoms with E-state index in [0.717, 1.165) is 16.6 Å². The van der Waals surface area contributed by atoms with Gasteiger partial charge in [0.15, 0.2) is 0 Å². The first-order chi connectivity index (χ1) is 11.9. The molecule has 0 radical (unpaired) electrons. The number of amides is 1. The van der Waals surface area contributed by atoms with Crippen LogP contribution in [-0.2, 0) is 16.8 Å². The van der Waals surface area contributed by atoms with Gasteiger partial charge in [0.25, 0.3) is 5.91 Å². The number of fused-ring (bicyclic) bond motifs is 1. The maximum Gasteiger partial charge on any atom is 0.261 e. The molecule has 6 nitrogen and oxygen atoms in total. The van der Waals surface area contributed by atoms with Crippen LogP contribution in [0.5, 0.6) is 0 Å². The third-order valence-electron chi connectivity index (χ3n) is 3.89. The highest BCUT2D eigenvalue weighted by molar-refractivity contribution is 5.83. The van der Waals surface area contributed by atoms with Crippen molar-refractivity contribution in [2.75, 3.05) is 0 Å². The summed E-state index contributed by atoms with van der Waals surface area (Å²) in [6.07, 6.45) is 1.63. The van der Waals surface area contributed by atoms with Crippen molar-refractivity contribution in [1.29, 1.82) is 0 Å². The van der Waals surface area contributed by atoms with Gasteiger partial charge in [-0.2, -0.15) is 5.10 Å². The van der Waals surface area contributed by atoms with Gasteiger partial charge in [0.2, 0.25) is 0 Å². The fraction of sp³-hybridized carbons (Fsp3) is 0.263. The SMILES string of the molecule is CC(C)(C)c1ccc(/C=N/NC(=O)Cn2nnc3ccccc32)cc1. The number of carbonyl (C=O) groups excluding carboxylic acids is 1. The number of hydrogen-bond donors (Lipinski definition) is 1. The van der Waals surface area contributed by atoms with Crippen molar-refractivity contribution < 1.29 is 4.79 Å². The summed E-state index contributed by atoms with van der Waals surface area (Å²) < 4.78 is 1.55. The summed E-state index contributed by atoms with van der Waals surface area (Å²) in [5.41, 5.74) is 6.40. The fourth-order valence-electron chi connectivity index (χ4n) is 2.45. The first-order valence-corrected chi connectivity index (χ1v) is 8.14. The summed E-state index contributed by atoms with van der Waals surface area (Å²) in [6.45, 7) is 6.58. The van der Waals surface area contributed by atoms with Crippen LogP contribution in [0.25, 0.3) is 11.0 Å². The molecule has 0 spiro atoms. The second-order valence-electron chi connectivity index (χ2n) is 6.90. The highest BCUT2D eigenvalue weighted by atomic mass is 16.2. The van der Waals surface area contributed by atoms with Gasteiger partial charge in [-0.05, 0) is 28.7 Å². The minimum atomic E-state index is -0.252. The number of benzene rings is 2. The van der Waals surface area contributed by atoms with Crippen LogP contribution in [0.4, 0.5) is 0 Å². The largest absolute Gasteiger partial charge is 0.271 e. The monoisotopic (exact) mass is 335 g/mol. The van der Waals surface area contributed by atoms with Gasteiger partial charge in [-0.1, -0.05) is 62.4 Å². The number of aromatic nitrogens is 3. The molecule has 0 atom stereocenters. The minimum absolute atomic E-state index is 0.0703. The van der Waals surface area contributed by atoms with Crippen LogP contribution < -0.4 is 5.43 Å². The quantitative estimate of drug-likeness (QED) is 0.588. The Morgan fingerprint density at radius 3 is 2.60 bits per heavy atom. The van der Waals surface area contributed by atoms with Crippen molar-refractivity contribution in [1.82, 2.24) is 20.4 Å². The van der Waals surface area contributed by atoms with E-state index in [4.69, 9.17) is 0 Å². The van der Waals surface area contributed by atoms with Crippen molar-refractivity contribution >= 4 is 23.2 Å². The van der Waals surface area contributed by atoms with Gasteiger partial charge in [-0.25, -0.2) is 10.1 Å². The Kier molecular flexibility index (Phi) is 4.61. The van der Waals surface area contributed by atoms with Crippen LogP contribution in [-0.4, -0.2) is 27.1 Å². The molecule has 1 heterocycles. The fourth-order valence-corrected chi connectivity index (χ4v) is 2.45. The Balaban J connectivity index is 1.59. The van der Waals surface area contributed by atoms with E-state index in [1.54, 1.807) is 10.9 Å². The van der Waals surface area contributed by atoms with Crippen LogP contribution >= 0.6 is 0 Å². The lowest BCUT2D eigenvalue weighted by atomic mass is 9.87. The summed E-state index contributed by atoms with van der Waals surface area (Å²) in [5, 5.41) is 12.0. The van der Waals surface area contributed by atoms with Gasteiger partial charge in [0.05, 0.1) is 11.7 Å². The van der Waals surface area contributed by atoms with Crippen molar-refractivity contribution in [3.63, 3.8) is 0 Å². The van der Waals surface area contributed by atoms with Crippen molar-refractivity contribution in [3.8, 4) is 0 Å². The van der Waals surface area contributed by atoms with E-state index < -0.39 is 0 Å². The molecular formula is C19H21N5O. The van der Waals surface area contributed by atoms with Crippen molar-refractivity contribution in [2.45, 2.75) is 32.7 Å². The maximum atomic E-state index is 12.0. The number of nitrogens with one attached hydrogen (secondary N) is 1. The predicted octanol–water partition coefficient (Wildman–Crippen LogP) is 2.88. The van der Waals surface area contributed by atoms with Gasteiger partial charge >= 0.3 is 0 Å². The summed E-state index contributed by atoms with van der Waals surface area (Å²) in [6, 6.07) is 15.6. The van der Waals surface area contributed by atoms with E-state index in [1.165, 1.54) is 5.56 Å². The van der Waals surface area contributed by atoms with E-state index >= 15 is 0 Å². The van der Waals surface area contributed by atoms with E-state index in [1.807, 2.05) is 36.4 Å². The zero-order chi connectivity index (χ0) is 17.9.